The third-order valence-corrected chi connectivity index (χ3v) is 3.67. The molecule has 0 spiro atoms. The molecule has 2 rings (SSSR count). The summed E-state index contributed by atoms with van der Waals surface area (Å²) in [6.07, 6.45) is -1.22. The van der Waals surface area contributed by atoms with Crippen molar-refractivity contribution < 1.29 is 13.2 Å². The van der Waals surface area contributed by atoms with Gasteiger partial charge in [0.2, 0.25) is 0 Å². The van der Waals surface area contributed by atoms with Gasteiger partial charge in [-0.2, -0.15) is 18.4 Å². The Labute approximate surface area is 115 Å². The van der Waals surface area contributed by atoms with Gasteiger partial charge in [0.15, 0.2) is 0 Å². The van der Waals surface area contributed by atoms with Crippen molar-refractivity contribution in [1.82, 2.24) is 4.98 Å². The number of nitrogens with zero attached hydrogens (tertiary/aromatic N) is 2. The van der Waals surface area contributed by atoms with Gasteiger partial charge in [-0.15, -0.1) is 0 Å². The van der Waals surface area contributed by atoms with Gasteiger partial charge >= 0.3 is 6.18 Å². The molecule has 1 aromatic rings. The maximum atomic E-state index is 12.6. The lowest BCUT2D eigenvalue weighted by Gasteiger charge is -2.14. The lowest BCUT2D eigenvalue weighted by molar-refractivity contribution is -0.141. The zero-order valence-electron chi connectivity index (χ0n) is 11.2. The van der Waals surface area contributed by atoms with Gasteiger partial charge in [0, 0.05) is 6.54 Å². The van der Waals surface area contributed by atoms with Gasteiger partial charge in [-0.25, -0.2) is 4.98 Å². The van der Waals surface area contributed by atoms with Crippen LogP contribution in [0.15, 0.2) is 12.1 Å². The third-order valence-electron chi connectivity index (χ3n) is 3.67. The summed E-state index contributed by atoms with van der Waals surface area (Å²) in [5, 5.41) is 11.8. The van der Waals surface area contributed by atoms with E-state index >= 15 is 0 Å². The highest BCUT2D eigenvalue weighted by molar-refractivity contribution is 5.52. The summed E-state index contributed by atoms with van der Waals surface area (Å²) >= 11 is 0. The van der Waals surface area contributed by atoms with Crippen LogP contribution in [0.25, 0.3) is 0 Å². The highest BCUT2D eigenvalue weighted by Gasteiger charge is 2.33. The maximum absolute atomic E-state index is 12.6. The molecule has 1 fully saturated rings. The Morgan fingerprint density at radius 1 is 1.40 bits per heavy atom. The van der Waals surface area contributed by atoms with E-state index in [9.17, 15) is 13.2 Å². The molecule has 0 aliphatic heterocycles. The Morgan fingerprint density at radius 3 is 2.70 bits per heavy atom. The Balaban J connectivity index is 2.11. The molecule has 6 heteroatoms. The minimum Gasteiger partial charge on any atom is -0.369 e. The van der Waals surface area contributed by atoms with Crippen LogP contribution in [0.3, 0.4) is 0 Å². The van der Waals surface area contributed by atoms with Crippen molar-refractivity contribution in [3.05, 3.63) is 23.4 Å². The number of rotatable bonds is 3. The third kappa shape index (κ3) is 3.41. The lowest BCUT2D eigenvalue weighted by Crippen LogP contribution is -2.16. The standard InChI is InChI=1S/C14H16F3N3/c1-9-2-3-10(6-9)8-19-13-11(7-18)4-5-12(20-13)14(15,16)17/h4-5,9-10H,2-3,6,8H2,1H3,(H,19,20). The predicted octanol–water partition coefficient (Wildman–Crippen LogP) is 3.82. The molecule has 0 aromatic carbocycles. The fourth-order valence-corrected chi connectivity index (χ4v) is 2.59. The number of hydrogen-bond acceptors (Lipinski definition) is 3. The fourth-order valence-electron chi connectivity index (χ4n) is 2.59. The number of alkyl halides is 3. The van der Waals surface area contributed by atoms with Crippen LogP contribution in [-0.4, -0.2) is 11.5 Å². The fraction of sp³-hybridized carbons (Fsp3) is 0.571. The molecule has 20 heavy (non-hydrogen) atoms. The molecule has 3 nitrogen and oxygen atoms in total. The Kier molecular flexibility index (Phi) is 4.17. The monoisotopic (exact) mass is 283 g/mol. The Hall–Kier alpha value is -1.77. The van der Waals surface area contributed by atoms with E-state index in [-0.39, 0.29) is 11.4 Å². The predicted molar refractivity (Wildman–Crippen MR) is 68.9 cm³/mol. The van der Waals surface area contributed by atoms with Crippen LogP contribution in [0.2, 0.25) is 0 Å². The van der Waals surface area contributed by atoms with Crippen LogP contribution in [0.5, 0.6) is 0 Å². The molecular formula is C14H16F3N3. The first-order valence-corrected chi connectivity index (χ1v) is 6.62. The summed E-state index contributed by atoms with van der Waals surface area (Å²) in [4.78, 5) is 3.54. The normalized spacial score (nSPS) is 22.6. The maximum Gasteiger partial charge on any atom is 0.433 e. The van der Waals surface area contributed by atoms with Crippen molar-refractivity contribution in [2.24, 2.45) is 11.8 Å². The van der Waals surface area contributed by atoms with E-state index in [1.54, 1.807) is 0 Å². The quantitative estimate of drug-likeness (QED) is 0.917. The molecule has 0 bridgehead atoms. The van der Waals surface area contributed by atoms with Gasteiger partial charge in [-0.05, 0) is 36.8 Å². The number of halogens is 3. The second-order valence-electron chi connectivity index (χ2n) is 5.37. The number of anilines is 1. The summed E-state index contributed by atoms with van der Waals surface area (Å²) in [5.74, 6) is 1.13. The van der Waals surface area contributed by atoms with Gasteiger partial charge in [0.25, 0.3) is 0 Å². The van der Waals surface area contributed by atoms with E-state index in [2.05, 4.69) is 17.2 Å². The first-order valence-electron chi connectivity index (χ1n) is 6.62. The Bertz CT molecular complexity index is 519. The average molecular weight is 283 g/mol. The van der Waals surface area contributed by atoms with E-state index in [1.807, 2.05) is 6.07 Å². The van der Waals surface area contributed by atoms with Crippen molar-refractivity contribution >= 4 is 5.82 Å². The summed E-state index contributed by atoms with van der Waals surface area (Å²) < 4.78 is 37.9. The van der Waals surface area contributed by atoms with Gasteiger partial charge in [-0.3, -0.25) is 0 Å². The molecule has 108 valence electrons. The van der Waals surface area contributed by atoms with Crippen LogP contribution >= 0.6 is 0 Å². The van der Waals surface area contributed by atoms with Crippen LogP contribution in [0.4, 0.5) is 19.0 Å². The van der Waals surface area contributed by atoms with Crippen LogP contribution < -0.4 is 5.32 Å². The lowest BCUT2D eigenvalue weighted by atomic mass is 10.1. The molecule has 0 saturated heterocycles. The first-order chi connectivity index (χ1) is 9.40. The minimum atomic E-state index is -4.49. The molecule has 0 radical (unpaired) electrons. The number of pyridine rings is 1. The number of nitrogens with one attached hydrogen (secondary N) is 1. The smallest absolute Gasteiger partial charge is 0.369 e. The molecule has 1 aromatic heterocycles. The van der Waals surface area contributed by atoms with E-state index < -0.39 is 11.9 Å². The second-order valence-corrected chi connectivity index (χ2v) is 5.37. The van der Waals surface area contributed by atoms with E-state index in [1.165, 1.54) is 0 Å². The molecule has 1 saturated carbocycles. The highest BCUT2D eigenvalue weighted by atomic mass is 19.4. The minimum absolute atomic E-state index is 0.0295. The highest BCUT2D eigenvalue weighted by Crippen LogP contribution is 2.32. The molecule has 2 unspecified atom stereocenters. The molecular weight excluding hydrogens is 267 g/mol. The van der Waals surface area contributed by atoms with E-state index in [0.29, 0.717) is 18.4 Å². The topological polar surface area (TPSA) is 48.7 Å². The zero-order chi connectivity index (χ0) is 14.8. The van der Waals surface area contributed by atoms with Crippen molar-refractivity contribution in [3.63, 3.8) is 0 Å². The van der Waals surface area contributed by atoms with Crippen molar-refractivity contribution in [2.45, 2.75) is 32.4 Å². The van der Waals surface area contributed by atoms with E-state index in [0.717, 1.165) is 31.4 Å². The average Bonchev–Trinajstić information content (AvgIpc) is 2.80. The van der Waals surface area contributed by atoms with Gasteiger partial charge in [-0.1, -0.05) is 13.3 Å². The molecule has 1 aliphatic rings. The molecule has 2 atom stereocenters. The first kappa shape index (κ1) is 14.6. The van der Waals surface area contributed by atoms with Crippen molar-refractivity contribution in [2.75, 3.05) is 11.9 Å². The number of aromatic nitrogens is 1. The van der Waals surface area contributed by atoms with Crippen molar-refractivity contribution in [3.8, 4) is 6.07 Å². The second kappa shape index (κ2) is 5.70. The van der Waals surface area contributed by atoms with Crippen LogP contribution in [-0.2, 0) is 6.18 Å². The summed E-state index contributed by atoms with van der Waals surface area (Å²) in [6.45, 7) is 2.73. The number of nitriles is 1. The molecule has 0 amide bonds. The SMILES string of the molecule is CC1CCC(CNc2nc(C(F)(F)F)ccc2C#N)C1. The summed E-state index contributed by atoms with van der Waals surface area (Å²) in [5.41, 5.74) is -0.831. The Morgan fingerprint density at radius 2 is 2.15 bits per heavy atom. The van der Waals surface area contributed by atoms with Crippen LogP contribution in [0, 0.1) is 23.2 Å². The molecule has 1 N–H and O–H groups in total. The largest absolute Gasteiger partial charge is 0.433 e. The summed E-state index contributed by atoms with van der Waals surface area (Å²) in [6, 6.07) is 3.86. The summed E-state index contributed by atoms with van der Waals surface area (Å²) in [7, 11) is 0. The van der Waals surface area contributed by atoms with Gasteiger partial charge in [0.1, 0.15) is 17.6 Å². The number of hydrogen-bond donors (Lipinski definition) is 1. The molecule has 1 heterocycles. The molecule has 1 aliphatic carbocycles. The van der Waals surface area contributed by atoms with Crippen LogP contribution in [0.1, 0.15) is 37.4 Å². The van der Waals surface area contributed by atoms with Gasteiger partial charge < -0.3 is 5.32 Å². The van der Waals surface area contributed by atoms with Crippen molar-refractivity contribution in [1.29, 1.82) is 5.26 Å². The zero-order valence-corrected chi connectivity index (χ0v) is 11.2. The van der Waals surface area contributed by atoms with Gasteiger partial charge in [0.05, 0.1) is 5.56 Å². The van der Waals surface area contributed by atoms with E-state index in [4.69, 9.17) is 5.26 Å².